The molecule has 1 N–H and O–H groups in total. The van der Waals surface area contributed by atoms with Crippen LogP contribution in [0, 0.1) is 13.8 Å². The Morgan fingerprint density at radius 1 is 1.29 bits per heavy atom. The highest BCUT2D eigenvalue weighted by atomic mass is 16.5. The molecule has 0 heterocycles. The zero-order valence-electron chi connectivity index (χ0n) is 13.1. The second-order valence-corrected chi connectivity index (χ2v) is 5.71. The van der Waals surface area contributed by atoms with Gasteiger partial charge in [-0.05, 0) is 56.9 Å². The number of carbonyl (C=O) groups is 1. The number of ether oxygens (including phenoxy) is 2. The van der Waals surface area contributed by atoms with E-state index >= 15 is 0 Å². The van der Waals surface area contributed by atoms with Crippen LogP contribution in [0.2, 0.25) is 0 Å². The van der Waals surface area contributed by atoms with E-state index in [1.165, 1.54) is 11.1 Å². The van der Waals surface area contributed by atoms with E-state index in [4.69, 9.17) is 9.47 Å². The van der Waals surface area contributed by atoms with Crippen molar-refractivity contribution in [1.29, 1.82) is 0 Å². The molecular formula is C17H25NO3. The fraction of sp³-hybridized carbons (Fsp3) is 0.588. The zero-order chi connectivity index (χ0) is 15.2. The number of aryl methyl sites for hydroxylation is 2. The molecule has 116 valence electrons. The first-order valence-electron chi connectivity index (χ1n) is 7.72. The quantitative estimate of drug-likeness (QED) is 0.748. The Bertz CT molecular complexity index is 463. The topological polar surface area (TPSA) is 47.6 Å². The van der Waals surface area contributed by atoms with Crippen LogP contribution in [0.5, 0.6) is 5.75 Å². The van der Waals surface area contributed by atoms with Crippen LogP contribution in [0.3, 0.4) is 0 Å². The standard InChI is InChI=1S/C17H25NO3/c1-4-20-17(19)16(18-14-5-6-14)7-8-21-15-10-12(2)9-13(3)11-15/h9-11,14,16,18H,4-8H2,1-3H3. The van der Waals surface area contributed by atoms with Gasteiger partial charge in [-0.3, -0.25) is 4.79 Å². The van der Waals surface area contributed by atoms with E-state index < -0.39 is 0 Å². The van der Waals surface area contributed by atoms with Gasteiger partial charge in [0.25, 0.3) is 0 Å². The number of hydrogen-bond donors (Lipinski definition) is 1. The molecule has 4 heteroatoms. The maximum atomic E-state index is 11.9. The lowest BCUT2D eigenvalue weighted by molar-refractivity contribution is -0.146. The van der Waals surface area contributed by atoms with Gasteiger partial charge >= 0.3 is 5.97 Å². The zero-order valence-corrected chi connectivity index (χ0v) is 13.1. The third kappa shape index (κ3) is 5.38. The predicted octanol–water partition coefficient (Wildman–Crippen LogP) is 2.76. The molecule has 1 atom stereocenters. The highest BCUT2D eigenvalue weighted by Crippen LogP contribution is 2.21. The summed E-state index contributed by atoms with van der Waals surface area (Å²) in [6.45, 7) is 6.86. The first kappa shape index (κ1) is 15.8. The van der Waals surface area contributed by atoms with Crippen LogP contribution in [0.1, 0.15) is 37.3 Å². The number of rotatable bonds is 8. The normalized spacial score (nSPS) is 15.6. The minimum atomic E-state index is -0.261. The average Bonchev–Trinajstić information content (AvgIpc) is 3.20. The molecular weight excluding hydrogens is 266 g/mol. The molecule has 1 aliphatic rings. The van der Waals surface area contributed by atoms with Crippen LogP contribution in [0.15, 0.2) is 18.2 Å². The Morgan fingerprint density at radius 2 is 1.95 bits per heavy atom. The number of benzene rings is 1. The van der Waals surface area contributed by atoms with Crippen molar-refractivity contribution in [2.75, 3.05) is 13.2 Å². The molecule has 0 amide bonds. The lowest BCUT2D eigenvalue weighted by atomic mass is 10.1. The molecule has 1 fully saturated rings. The van der Waals surface area contributed by atoms with E-state index in [-0.39, 0.29) is 12.0 Å². The van der Waals surface area contributed by atoms with Gasteiger partial charge in [0.15, 0.2) is 0 Å². The van der Waals surface area contributed by atoms with Gasteiger partial charge in [-0.15, -0.1) is 0 Å². The van der Waals surface area contributed by atoms with Gasteiger partial charge in [0, 0.05) is 12.5 Å². The molecule has 4 nitrogen and oxygen atoms in total. The fourth-order valence-electron chi connectivity index (χ4n) is 2.36. The highest BCUT2D eigenvalue weighted by Gasteiger charge is 2.29. The molecule has 2 rings (SSSR count). The third-order valence-corrected chi connectivity index (χ3v) is 3.46. The Kier molecular flexibility index (Phi) is 5.62. The van der Waals surface area contributed by atoms with E-state index in [9.17, 15) is 4.79 Å². The van der Waals surface area contributed by atoms with Crippen LogP contribution in [-0.4, -0.2) is 31.3 Å². The van der Waals surface area contributed by atoms with Gasteiger partial charge in [-0.1, -0.05) is 6.07 Å². The summed E-state index contributed by atoms with van der Waals surface area (Å²) in [5.74, 6) is 0.690. The van der Waals surface area contributed by atoms with Crippen LogP contribution in [0.4, 0.5) is 0 Å². The Morgan fingerprint density at radius 3 is 2.52 bits per heavy atom. The van der Waals surface area contributed by atoms with Gasteiger partial charge in [-0.25, -0.2) is 0 Å². The first-order valence-corrected chi connectivity index (χ1v) is 7.72. The van der Waals surface area contributed by atoms with Gasteiger partial charge in [0.05, 0.1) is 13.2 Å². The number of nitrogens with one attached hydrogen (secondary N) is 1. The summed E-state index contributed by atoms with van der Waals surface area (Å²) in [6, 6.07) is 6.36. The van der Waals surface area contributed by atoms with Crippen molar-refractivity contribution in [3.63, 3.8) is 0 Å². The number of carbonyl (C=O) groups excluding carboxylic acids is 1. The van der Waals surface area contributed by atoms with E-state index in [1.807, 2.05) is 19.1 Å². The predicted molar refractivity (Wildman–Crippen MR) is 82.6 cm³/mol. The number of esters is 1. The largest absolute Gasteiger partial charge is 0.494 e. The molecule has 1 aromatic carbocycles. The van der Waals surface area contributed by atoms with Crippen molar-refractivity contribution in [3.05, 3.63) is 29.3 Å². The molecule has 21 heavy (non-hydrogen) atoms. The van der Waals surface area contributed by atoms with E-state index in [1.54, 1.807) is 0 Å². The van der Waals surface area contributed by atoms with Crippen molar-refractivity contribution in [1.82, 2.24) is 5.32 Å². The van der Waals surface area contributed by atoms with Crippen molar-refractivity contribution in [2.24, 2.45) is 0 Å². The molecule has 0 radical (unpaired) electrons. The van der Waals surface area contributed by atoms with Gasteiger partial charge in [-0.2, -0.15) is 0 Å². The Hall–Kier alpha value is -1.55. The molecule has 0 aliphatic heterocycles. The number of hydrogen-bond acceptors (Lipinski definition) is 4. The van der Waals surface area contributed by atoms with E-state index in [0.29, 0.717) is 25.7 Å². The summed E-state index contributed by atoms with van der Waals surface area (Å²) in [5.41, 5.74) is 2.37. The van der Waals surface area contributed by atoms with Crippen LogP contribution in [-0.2, 0) is 9.53 Å². The summed E-state index contributed by atoms with van der Waals surface area (Å²) in [6.07, 6.45) is 2.92. The van der Waals surface area contributed by atoms with Crippen LogP contribution in [0.25, 0.3) is 0 Å². The van der Waals surface area contributed by atoms with E-state index in [2.05, 4.69) is 25.2 Å². The third-order valence-electron chi connectivity index (χ3n) is 3.46. The van der Waals surface area contributed by atoms with Gasteiger partial charge in [0.1, 0.15) is 11.8 Å². The van der Waals surface area contributed by atoms with Crippen molar-refractivity contribution >= 4 is 5.97 Å². The minimum Gasteiger partial charge on any atom is -0.494 e. The van der Waals surface area contributed by atoms with E-state index in [0.717, 1.165) is 18.6 Å². The summed E-state index contributed by atoms with van der Waals surface area (Å²) < 4.78 is 10.9. The molecule has 1 saturated carbocycles. The molecule has 1 aliphatic carbocycles. The smallest absolute Gasteiger partial charge is 0.323 e. The Labute approximate surface area is 126 Å². The summed E-state index contributed by atoms with van der Waals surface area (Å²) in [4.78, 5) is 11.9. The van der Waals surface area contributed by atoms with Gasteiger partial charge < -0.3 is 14.8 Å². The van der Waals surface area contributed by atoms with Crippen molar-refractivity contribution in [2.45, 2.75) is 52.1 Å². The molecule has 1 unspecified atom stereocenters. The highest BCUT2D eigenvalue weighted by molar-refractivity contribution is 5.75. The van der Waals surface area contributed by atoms with Gasteiger partial charge in [0.2, 0.25) is 0 Å². The minimum absolute atomic E-state index is 0.173. The molecule has 0 saturated heterocycles. The maximum absolute atomic E-state index is 11.9. The second-order valence-electron chi connectivity index (χ2n) is 5.71. The second kappa shape index (κ2) is 7.46. The summed E-state index contributed by atoms with van der Waals surface area (Å²) in [7, 11) is 0. The molecule has 0 spiro atoms. The van der Waals surface area contributed by atoms with Crippen LogP contribution < -0.4 is 10.1 Å². The monoisotopic (exact) mass is 291 g/mol. The first-order chi connectivity index (χ1) is 10.1. The maximum Gasteiger partial charge on any atom is 0.323 e. The summed E-state index contributed by atoms with van der Waals surface area (Å²) >= 11 is 0. The average molecular weight is 291 g/mol. The van der Waals surface area contributed by atoms with Crippen molar-refractivity contribution in [3.8, 4) is 5.75 Å². The Balaban J connectivity index is 1.84. The lowest BCUT2D eigenvalue weighted by Crippen LogP contribution is -2.40. The lowest BCUT2D eigenvalue weighted by Gasteiger charge is -2.17. The SMILES string of the molecule is CCOC(=O)C(CCOc1cc(C)cc(C)c1)NC1CC1. The fourth-order valence-corrected chi connectivity index (χ4v) is 2.36. The van der Waals surface area contributed by atoms with Crippen molar-refractivity contribution < 1.29 is 14.3 Å². The molecule has 1 aromatic rings. The molecule has 0 aromatic heterocycles. The summed E-state index contributed by atoms with van der Waals surface area (Å²) in [5, 5.41) is 3.33. The molecule has 0 bridgehead atoms. The van der Waals surface area contributed by atoms with Crippen LogP contribution >= 0.6 is 0 Å².